The molecular weight excluding hydrogens is 369 g/mol. The molecule has 0 saturated heterocycles. The van der Waals surface area contributed by atoms with Crippen LogP contribution in [-0.4, -0.2) is 20.2 Å². The maximum atomic E-state index is 14.0. The number of aromatic nitrogens is 4. The molecule has 3 rings (SSSR count). The van der Waals surface area contributed by atoms with Crippen LogP contribution in [0.2, 0.25) is 0 Å². The van der Waals surface area contributed by atoms with Gasteiger partial charge in [-0.05, 0) is 44.2 Å². The van der Waals surface area contributed by atoms with Crippen molar-refractivity contribution in [1.29, 1.82) is 5.26 Å². The highest BCUT2D eigenvalue weighted by Crippen LogP contribution is 2.26. The summed E-state index contributed by atoms with van der Waals surface area (Å²) >= 11 is 0. The van der Waals surface area contributed by atoms with E-state index in [9.17, 15) is 13.2 Å². The number of benzene rings is 1. The van der Waals surface area contributed by atoms with Crippen LogP contribution in [0.3, 0.4) is 0 Å². The highest BCUT2D eigenvalue weighted by molar-refractivity contribution is 5.61. The molecular formula is C19H15F3N6. The topological polar surface area (TPSA) is 87.4 Å². The minimum absolute atomic E-state index is 0.108. The zero-order chi connectivity index (χ0) is 20.3. The fourth-order valence-electron chi connectivity index (χ4n) is 2.51. The Morgan fingerprint density at radius 1 is 1.14 bits per heavy atom. The summed E-state index contributed by atoms with van der Waals surface area (Å²) in [7, 11) is 0. The van der Waals surface area contributed by atoms with E-state index < -0.39 is 17.8 Å². The van der Waals surface area contributed by atoms with E-state index in [4.69, 9.17) is 5.26 Å². The lowest BCUT2D eigenvalue weighted by Crippen LogP contribution is -2.30. The van der Waals surface area contributed by atoms with Crippen LogP contribution in [0.4, 0.5) is 19.1 Å². The summed E-state index contributed by atoms with van der Waals surface area (Å²) in [4.78, 5) is 8.08. The Morgan fingerprint density at radius 3 is 2.57 bits per heavy atom. The van der Waals surface area contributed by atoms with Gasteiger partial charge in [-0.2, -0.15) is 5.26 Å². The Balaban J connectivity index is 1.84. The summed E-state index contributed by atoms with van der Waals surface area (Å²) in [5, 5.41) is 19.8. The average molecular weight is 384 g/mol. The van der Waals surface area contributed by atoms with E-state index in [2.05, 4.69) is 25.5 Å². The van der Waals surface area contributed by atoms with Gasteiger partial charge in [0.15, 0.2) is 0 Å². The van der Waals surface area contributed by atoms with Crippen molar-refractivity contribution in [3.8, 4) is 17.3 Å². The summed E-state index contributed by atoms with van der Waals surface area (Å²) in [6, 6.07) is 10.2. The van der Waals surface area contributed by atoms with Gasteiger partial charge in [-0.1, -0.05) is 6.07 Å². The lowest BCUT2D eigenvalue weighted by atomic mass is 10.00. The molecule has 6 nitrogen and oxygen atoms in total. The fourth-order valence-corrected chi connectivity index (χ4v) is 2.51. The molecule has 0 spiro atoms. The molecule has 0 aliphatic heterocycles. The summed E-state index contributed by atoms with van der Waals surface area (Å²) in [5.41, 5.74) is -0.251. The van der Waals surface area contributed by atoms with Gasteiger partial charge in [0, 0.05) is 5.56 Å². The van der Waals surface area contributed by atoms with Crippen LogP contribution < -0.4 is 5.32 Å². The van der Waals surface area contributed by atoms with Crippen molar-refractivity contribution in [3.05, 3.63) is 65.4 Å². The highest BCUT2D eigenvalue weighted by atomic mass is 19.3. The number of hydrogen-bond donors (Lipinski definition) is 1. The molecule has 0 atom stereocenters. The van der Waals surface area contributed by atoms with Gasteiger partial charge in [0.25, 0.3) is 6.43 Å². The van der Waals surface area contributed by atoms with Crippen molar-refractivity contribution in [1.82, 2.24) is 20.2 Å². The first-order valence-corrected chi connectivity index (χ1v) is 8.23. The van der Waals surface area contributed by atoms with Gasteiger partial charge in [-0.25, -0.2) is 23.1 Å². The minimum Gasteiger partial charge on any atom is -0.342 e. The Kier molecular flexibility index (Phi) is 5.22. The van der Waals surface area contributed by atoms with Gasteiger partial charge in [-0.3, -0.25) is 0 Å². The third-order valence-corrected chi connectivity index (χ3v) is 3.99. The number of halogens is 3. The van der Waals surface area contributed by atoms with E-state index in [-0.39, 0.29) is 28.5 Å². The molecule has 28 heavy (non-hydrogen) atoms. The van der Waals surface area contributed by atoms with Gasteiger partial charge >= 0.3 is 0 Å². The molecule has 1 N–H and O–H groups in total. The van der Waals surface area contributed by atoms with Crippen LogP contribution >= 0.6 is 0 Å². The summed E-state index contributed by atoms with van der Waals surface area (Å²) in [6.07, 6.45) is -1.36. The smallest absolute Gasteiger partial charge is 0.280 e. The average Bonchev–Trinajstić information content (AvgIpc) is 2.69. The molecule has 9 heteroatoms. The van der Waals surface area contributed by atoms with Gasteiger partial charge in [0.05, 0.1) is 29.1 Å². The van der Waals surface area contributed by atoms with Crippen molar-refractivity contribution in [2.24, 2.45) is 0 Å². The first kappa shape index (κ1) is 19.2. The molecule has 0 unspecified atom stereocenters. The van der Waals surface area contributed by atoms with E-state index in [0.29, 0.717) is 5.69 Å². The highest BCUT2D eigenvalue weighted by Gasteiger charge is 2.25. The van der Waals surface area contributed by atoms with Crippen LogP contribution in [0, 0.1) is 17.1 Å². The largest absolute Gasteiger partial charge is 0.342 e. The van der Waals surface area contributed by atoms with E-state index in [1.54, 1.807) is 19.9 Å². The Morgan fingerprint density at radius 2 is 1.93 bits per heavy atom. The van der Waals surface area contributed by atoms with Gasteiger partial charge in [-0.15, -0.1) is 10.2 Å². The molecule has 0 bridgehead atoms. The predicted molar refractivity (Wildman–Crippen MR) is 95.8 cm³/mol. The fraction of sp³-hybridized carbons (Fsp3) is 0.211. The van der Waals surface area contributed by atoms with Crippen LogP contribution in [0.1, 0.15) is 37.2 Å². The van der Waals surface area contributed by atoms with Crippen LogP contribution in [0.25, 0.3) is 11.3 Å². The number of alkyl halides is 2. The lowest BCUT2D eigenvalue weighted by molar-refractivity contribution is 0.145. The maximum Gasteiger partial charge on any atom is 0.280 e. The van der Waals surface area contributed by atoms with E-state index in [1.807, 2.05) is 6.07 Å². The number of nitrogens with one attached hydrogen (secondary N) is 1. The van der Waals surface area contributed by atoms with Crippen LogP contribution in [0.15, 0.2) is 42.6 Å². The van der Waals surface area contributed by atoms with Crippen LogP contribution in [0.5, 0.6) is 0 Å². The number of hydrogen-bond acceptors (Lipinski definition) is 6. The molecule has 0 aliphatic rings. The van der Waals surface area contributed by atoms with Gasteiger partial charge in [0.1, 0.15) is 17.2 Å². The molecule has 142 valence electrons. The zero-order valence-electron chi connectivity index (χ0n) is 15.0. The minimum atomic E-state index is -2.67. The molecule has 2 heterocycles. The molecule has 0 aliphatic carbocycles. The summed E-state index contributed by atoms with van der Waals surface area (Å²) < 4.78 is 39.8. The molecule has 0 amide bonds. The predicted octanol–water partition coefficient (Wildman–Crippen LogP) is 4.23. The quantitative estimate of drug-likeness (QED) is 0.708. The van der Waals surface area contributed by atoms with E-state index in [1.165, 1.54) is 36.5 Å². The Bertz CT molecular complexity index is 1030. The van der Waals surface area contributed by atoms with E-state index >= 15 is 0 Å². The number of anilines is 1. The zero-order valence-corrected chi connectivity index (χ0v) is 15.0. The molecule has 0 radical (unpaired) electrons. The van der Waals surface area contributed by atoms with Crippen molar-refractivity contribution in [2.75, 3.05) is 5.32 Å². The van der Waals surface area contributed by atoms with Gasteiger partial charge in [0.2, 0.25) is 5.95 Å². The second-order valence-corrected chi connectivity index (χ2v) is 6.47. The summed E-state index contributed by atoms with van der Waals surface area (Å²) in [6.45, 7) is 3.47. The van der Waals surface area contributed by atoms with Crippen molar-refractivity contribution < 1.29 is 13.2 Å². The number of pyridine rings is 1. The summed E-state index contributed by atoms with van der Waals surface area (Å²) in [5.74, 6) is -0.431. The first-order valence-electron chi connectivity index (χ1n) is 8.23. The monoisotopic (exact) mass is 384 g/mol. The molecule has 3 aromatic rings. The SMILES string of the molecule is CC(C)(Nc1ncc(-c2cc(C#N)ccc2F)nn1)c1cccc(C(F)F)n1. The second-order valence-electron chi connectivity index (χ2n) is 6.47. The second kappa shape index (κ2) is 7.60. The molecule has 0 saturated carbocycles. The van der Waals surface area contributed by atoms with Gasteiger partial charge < -0.3 is 5.32 Å². The Hall–Kier alpha value is -3.54. The first-order chi connectivity index (χ1) is 13.3. The van der Waals surface area contributed by atoms with Crippen molar-refractivity contribution in [3.63, 3.8) is 0 Å². The maximum absolute atomic E-state index is 14.0. The number of rotatable bonds is 5. The van der Waals surface area contributed by atoms with Crippen molar-refractivity contribution in [2.45, 2.75) is 25.8 Å². The molecule has 2 aromatic heterocycles. The van der Waals surface area contributed by atoms with E-state index in [0.717, 1.165) is 0 Å². The number of nitriles is 1. The normalized spacial score (nSPS) is 11.3. The standard InChI is InChI=1S/C19H15F3N6/c1-19(2,16-5-3-4-14(25-16)17(21)22)26-18-24-10-15(27-28-18)12-8-11(9-23)6-7-13(12)20/h3-8,10,17H,1-2H3,(H,24,26,28). The van der Waals surface area contributed by atoms with Crippen LogP contribution in [-0.2, 0) is 5.54 Å². The third kappa shape index (κ3) is 4.06. The lowest BCUT2D eigenvalue weighted by Gasteiger charge is -2.25. The Labute approximate surface area is 159 Å². The molecule has 0 fully saturated rings. The van der Waals surface area contributed by atoms with Crippen molar-refractivity contribution >= 4 is 5.95 Å². The third-order valence-electron chi connectivity index (χ3n) is 3.99. The number of nitrogens with zero attached hydrogens (tertiary/aromatic N) is 5. The molecule has 1 aromatic carbocycles.